The van der Waals surface area contributed by atoms with Crippen LogP contribution in [0.25, 0.3) is 6.08 Å². The first-order chi connectivity index (χ1) is 10.4. The Morgan fingerprint density at radius 1 is 0.857 bits per heavy atom. The van der Waals surface area contributed by atoms with Crippen molar-refractivity contribution < 1.29 is 0 Å². The summed E-state index contributed by atoms with van der Waals surface area (Å²) >= 11 is 0. The standard InChI is InChI=1S/C19H28NP/c1-3-10-18(11-4-1)21(19-12-5-2-6-13-19)16-14-17-9-7-8-15-20-17/h7-9,14-16,18-19H,1-6,10-13H2. The Kier molecular flexibility index (Phi) is 5.86. The van der Waals surface area contributed by atoms with Gasteiger partial charge in [-0.2, -0.15) is 0 Å². The van der Waals surface area contributed by atoms with Gasteiger partial charge < -0.3 is 0 Å². The molecule has 21 heavy (non-hydrogen) atoms. The lowest BCUT2D eigenvalue weighted by molar-refractivity contribution is 0.486. The molecule has 1 aromatic heterocycles. The minimum atomic E-state index is 0.0588. The minimum Gasteiger partial charge on any atom is -0.257 e. The summed E-state index contributed by atoms with van der Waals surface area (Å²) in [6.45, 7) is 0. The number of pyridine rings is 1. The highest BCUT2D eigenvalue weighted by Gasteiger charge is 2.29. The Balaban J connectivity index is 1.72. The lowest BCUT2D eigenvalue weighted by Crippen LogP contribution is -2.19. The van der Waals surface area contributed by atoms with Crippen LogP contribution in [-0.2, 0) is 0 Å². The van der Waals surface area contributed by atoms with E-state index in [1.165, 1.54) is 64.2 Å². The maximum absolute atomic E-state index is 4.46. The molecule has 0 bridgehead atoms. The number of aromatic nitrogens is 1. The first kappa shape index (κ1) is 15.2. The molecule has 0 unspecified atom stereocenters. The smallest absolute Gasteiger partial charge is 0.0630 e. The fraction of sp³-hybridized carbons (Fsp3) is 0.632. The van der Waals surface area contributed by atoms with Gasteiger partial charge in [-0.3, -0.25) is 4.98 Å². The molecular formula is C19H28NP. The predicted octanol–water partition coefficient (Wildman–Crippen LogP) is 6.20. The van der Waals surface area contributed by atoms with E-state index in [-0.39, 0.29) is 7.92 Å². The Labute approximate surface area is 131 Å². The molecule has 2 aliphatic rings. The van der Waals surface area contributed by atoms with Crippen LogP contribution in [0.4, 0.5) is 0 Å². The van der Waals surface area contributed by atoms with Crippen LogP contribution >= 0.6 is 7.92 Å². The summed E-state index contributed by atoms with van der Waals surface area (Å²) in [5, 5.41) is 0. The summed E-state index contributed by atoms with van der Waals surface area (Å²) in [6, 6.07) is 6.23. The molecule has 0 aromatic carbocycles. The fourth-order valence-electron chi connectivity index (χ4n) is 3.94. The third-order valence-electron chi connectivity index (χ3n) is 5.10. The van der Waals surface area contributed by atoms with E-state index in [4.69, 9.17) is 0 Å². The Bertz CT molecular complexity index is 412. The number of hydrogen-bond acceptors (Lipinski definition) is 1. The zero-order valence-corrected chi connectivity index (χ0v) is 14.0. The van der Waals surface area contributed by atoms with Gasteiger partial charge in [-0.05, 0) is 55.2 Å². The van der Waals surface area contributed by atoms with E-state index in [9.17, 15) is 0 Å². The third-order valence-corrected chi connectivity index (χ3v) is 8.31. The fourth-order valence-corrected chi connectivity index (χ4v) is 7.27. The van der Waals surface area contributed by atoms with Crippen molar-refractivity contribution in [1.82, 2.24) is 4.98 Å². The molecule has 2 aliphatic carbocycles. The van der Waals surface area contributed by atoms with E-state index >= 15 is 0 Å². The molecule has 2 saturated carbocycles. The van der Waals surface area contributed by atoms with Crippen molar-refractivity contribution in [2.45, 2.75) is 75.5 Å². The van der Waals surface area contributed by atoms with Crippen LogP contribution in [0.3, 0.4) is 0 Å². The molecule has 2 heteroatoms. The van der Waals surface area contributed by atoms with Gasteiger partial charge in [0.05, 0.1) is 5.69 Å². The van der Waals surface area contributed by atoms with Gasteiger partial charge in [0.1, 0.15) is 0 Å². The van der Waals surface area contributed by atoms with Crippen LogP contribution in [0.1, 0.15) is 69.9 Å². The first-order valence-corrected chi connectivity index (χ1v) is 10.3. The van der Waals surface area contributed by atoms with Crippen molar-refractivity contribution in [1.29, 1.82) is 0 Å². The summed E-state index contributed by atoms with van der Waals surface area (Å²) in [5.41, 5.74) is 3.13. The van der Waals surface area contributed by atoms with Crippen molar-refractivity contribution in [3.8, 4) is 0 Å². The maximum Gasteiger partial charge on any atom is 0.0630 e. The van der Waals surface area contributed by atoms with E-state index in [2.05, 4.69) is 29.0 Å². The summed E-state index contributed by atoms with van der Waals surface area (Å²) in [7, 11) is 0.0588. The molecule has 0 spiro atoms. The molecule has 1 nitrogen and oxygen atoms in total. The molecule has 0 saturated heterocycles. The quantitative estimate of drug-likeness (QED) is 0.603. The minimum absolute atomic E-state index is 0.0588. The van der Waals surface area contributed by atoms with Crippen molar-refractivity contribution in [3.63, 3.8) is 0 Å². The summed E-state index contributed by atoms with van der Waals surface area (Å²) in [6.07, 6.45) is 18.9. The average molecular weight is 301 g/mol. The lowest BCUT2D eigenvalue weighted by atomic mass is 9.99. The second kappa shape index (κ2) is 8.08. The van der Waals surface area contributed by atoms with Gasteiger partial charge in [0.2, 0.25) is 0 Å². The Morgan fingerprint density at radius 3 is 2.00 bits per heavy atom. The SMILES string of the molecule is C(=CP(C1CCCCC1)C1CCCCC1)c1ccccn1. The number of rotatable bonds is 4. The van der Waals surface area contributed by atoms with Crippen LogP contribution in [-0.4, -0.2) is 16.3 Å². The van der Waals surface area contributed by atoms with Gasteiger partial charge in [-0.1, -0.05) is 58.3 Å². The molecule has 3 rings (SSSR count). The maximum atomic E-state index is 4.46. The van der Waals surface area contributed by atoms with Crippen molar-refractivity contribution >= 4 is 14.0 Å². The molecule has 0 aliphatic heterocycles. The highest BCUT2D eigenvalue weighted by molar-refractivity contribution is 7.62. The second-order valence-corrected chi connectivity index (χ2v) is 9.25. The van der Waals surface area contributed by atoms with Crippen LogP contribution in [0.2, 0.25) is 0 Å². The molecule has 1 aromatic rings. The zero-order chi connectivity index (χ0) is 14.3. The van der Waals surface area contributed by atoms with E-state index in [1.807, 2.05) is 12.3 Å². The van der Waals surface area contributed by atoms with Gasteiger partial charge >= 0.3 is 0 Å². The Morgan fingerprint density at radius 2 is 1.48 bits per heavy atom. The van der Waals surface area contributed by atoms with Gasteiger partial charge in [0, 0.05) is 6.20 Å². The Hall–Kier alpha value is -0.680. The molecule has 114 valence electrons. The van der Waals surface area contributed by atoms with E-state index in [0.717, 1.165) is 17.0 Å². The van der Waals surface area contributed by atoms with E-state index in [0.29, 0.717) is 0 Å². The van der Waals surface area contributed by atoms with Gasteiger partial charge in [0.15, 0.2) is 0 Å². The predicted molar refractivity (Wildman–Crippen MR) is 93.9 cm³/mol. The summed E-state index contributed by atoms with van der Waals surface area (Å²) in [4.78, 5) is 4.46. The molecule has 0 atom stereocenters. The number of nitrogens with zero attached hydrogens (tertiary/aromatic N) is 1. The lowest BCUT2D eigenvalue weighted by Gasteiger charge is -2.36. The molecule has 0 amide bonds. The van der Waals surface area contributed by atoms with Crippen molar-refractivity contribution in [2.75, 3.05) is 0 Å². The molecule has 0 radical (unpaired) electrons. The molecule has 0 N–H and O–H groups in total. The highest BCUT2D eigenvalue weighted by atomic mass is 31.1. The normalized spacial score (nSPS) is 22.1. The second-order valence-electron chi connectivity index (χ2n) is 6.60. The van der Waals surface area contributed by atoms with Gasteiger partial charge in [-0.15, -0.1) is 0 Å². The summed E-state index contributed by atoms with van der Waals surface area (Å²) in [5.74, 6) is 2.59. The first-order valence-electron chi connectivity index (χ1n) is 8.80. The summed E-state index contributed by atoms with van der Waals surface area (Å²) < 4.78 is 0. The van der Waals surface area contributed by atoms with Gasteiger partial charge in [0.25, 0.3) is 0 Å². The van der Waals surface area contributed by atoms with Crippen LogP contribution in [0, 0.1) is 0 Å². The average Bonchev–Trinajstić information content (AvgIpc) is 2.58. The molecule has 2 fully saturated rings. The van der Waals surface area contributed by atoms with E-state index in [1.54, 1.807) is 0 Å². The van der Waals surface area contributed by atoms with Crippen molar-refractivity contribution in [3.05, 3.63) is 35.9 Å². The third kappa shape index (κ3) is 4.39. The zero-order valence-electron chi connectivity index (χ0n) is 13.1. The molecule has 1 heterocycles. The molecular weight excluding hydrogens is 273 g/mol. The van der Waals surface area contributed by atoms with Crippen LogP contribution in [0.5, 0.6) is 0 Å². The topological polar surface area (TPSA) is 12.9 Å². The van der Waals surface area contributed by atoms with Crippen molar-refractivity contribution in [2.24, 2.45) is 0 Å². The van der Waals surface area contributed by atoms with E-state index < -0.39 is 0 Å². The van der Waals surface area contributed by atoms with Gasteiger partial charge in [-0.25, -0.2) is 0 Å². The van der Waals surface area contributed by atoms with Crippen LogP contribution < -0.4 is 0 Å². The highest BCUT2D eigenvalue weighted by Crippen LogP contribution is 2.56. The number of hydrogen-bond donors (Lipinski definition) is 0. The largest absolute Gasteiger partial charge is 0.257 e. The van der Waals surface area contributed by atoms with Crippen LogP contribution in [0.15, 0.2) is 30.2 Å². The monoisotopic (exact) mass is 301 g/mol.